The minimum Gasteiger partial charge on any atom is -0.342 e. The van der Waals surface area contributed by atoms with Crippen LogP contribution in [-0.4, -0.2) is 18.4 Å². The van der Waals surface area contributed by atoms with Crippen molar-refractivity contribution in [3.05, 3.63) is 58.3 Å². The third kappa shape index (κ3) is 3.26. The van der Waals surface area contributed by atoms with E-state index in [9.17, 15) is 17.2 Å². The van der Waals surface area contributed by atoms with Crippen LogP contribution in [0.4, 0.5) is 8.78 Å². The van der Waals surface area contributed by atoms with Gasteiger partial charge in [-0.1, -0.05) is 0 Å². The summed E-state index contributed by atoms with van der Waals surface area (Å²) in [4.78, 5) is 6.29. The molecule has 0 saturated heterocycles. The Morgan fingerprint density at radius 2 is 2.00 bits per heavy atom. The zero-order valence-electron chi connectivity index (χ0n) is 11.5. The smallest absolute Gasteiger partial charge is 0.243 e. The highest BCUT2D eigenvalue weighted by atomic mass is 79.9. The maximum Gasteiger partial charge on any atom is 0.243 e. The molecule has 0 aliphatic carbocycles. The van der Waals surface area contributed by atoms with E-state index in [1.165, 1.54) is 0 Å². The molecule has 1 aromatic carbocycles. The third-order valence-corrected chi connectivity index (χ3v) is 5.19. The van der Waals surface area contributed by atoms with Crippen LogP contribution in [0, 0.1) is 11.6 Å². The lowest BCUT2D eigenvalue weighted by atomic mass is 10.3. The Labute approximate surface area is 138 Å². The average molecular weight is 402 g/mol. The summed E-state index contributed by atoms with van der Waals surface area (Å²) in [5, 5.41) is 0.822. The van der Waals surface area contributed by atoms with Crippen molar-refractivity contribution in [3.63, 3.8) is 0 Å². The number of nitrogens with one attached hydrogen (secondary N) is 2. The molecule has 0 saturated carbocycles. The molecule has 0 spiro atoms. The number of H-pyrrole nitrogens is 1. The standard InChI is InChI=1S/C14H10BrF2N3O2S/c15-10-5-12(17)13(6-11(10)16)23(21,22)19-7-9-4-8-2-1-3-18-14(8)20-9/h1-6,19H,7H2,(H,18,20). The van der Waals surface area contributed by atoms with E-state index < -0.39 is 26.6 Å². The minimum atomic E-state index is -4.19. The summed E-state index contributed by atoms with van der Waals surface area (Å²) in [5.41, 5.74) is 1.17. The zero-order chi connectivity index (χ0) is 16.6. The highest BCUT2D eigenvalue weighted by molar-refractivity contribution is 9.10. The van der Waals surface area contributed by atoms with Crippen molar-refractivity contribution in [3.8, 4) is 0 Å². The number of benzene rings is 1. The Bertz CT molecular complexity index is 956. The van der Waals surface area contributed by atoms with Gasteiger partial charge in [0.05, 0.1) is 11.0 Å². The summed E-state index contributed by atoms with van der Waals surface area (Å²) >= 11 is 2.80. The van der Waals surface area contributed by atoms with Gasteiger partial charge in [0.2, 0.25) is 10.0 Å². The predicted molar refractivity (Wildman–Crippen MR) is 84.2 cm³/mol. The Kier molecular flexibility index (Phi) is 4.17. The van der Waals surface area contributed by atoms with Crippen molar-refractivity contribution < 1.29 is 17.2 Å². The van der Waals surface area contributed by atoms with E-state index in [0.717, 1.165) is 11.5 Å². The number of halogens is 3. The van der Waals surface area contributed by atoms with E-state index in [-0.39, 0.29) is 11.0 Å². The lowest BCUT2D eigenvalue weighted by Crippen LogP contribution is -2.24. The Morgan fingerprint density at radius 1 is 1.22 bits per heavy atom. The van der Waals surface area contributed by atoms with Crippen molar-refractivity contribution >= 4 is 37.0 Å². The van der Waals surface area contributed by atoms with Gasteiger partial charge in [-0.05, 0) is 46.3 Å². The quantitative estimate of drug-likeness (QED) is 0.659. The molecule has 0 atom stereocenters. The van der Waals surface area contributed by atoms with Crippen LogP contribution in [0.25, 0.3) is 11.0 Å². The Balaban J connectivity index is 1.85. The summed E-state index contributed by atoms with van der Waals surface area (Å²) < 4.78 is 53.6. The van der Waals surface area contributed by atoms with Gasteiger partial charge in [0.15, 0.2) is 0 Å². The molecule has 3 rings (SSSR count). The van der Waals surface area contributed by atoms with E-state index >= 15 is 0 Å². The Morgan fingerprint density at radius 3 is 2.74 bits per heavy atom. The van der Waals surface area contributed by atoms with Crippen LogP contribution in [0.1, 0.15) is 5.69 Å². The molecular formula is C14H10BrF2N3O2S. The molecule has 0 aliphatic heterocycles. The van der Waals surface area contributed by atoms with Crippen molar-refractivity contribution in [2.45, 2.75) is 11.4 Å². The van der Waals surface area contributed by atoms with Crippen molar-refractivity contribution in [1.82, 2.24) is 14.7 Å². The molecular weight excluding hydrogens is 392 g/mol. The lowest BCUT2D eigenvalue weighted by molar-refractivity contribution is 0.543. The van der Waals surface area contributed by atoms with E-state index in [2.05, 4.69) is 30.6 Å². The summed E-state index contributed by atoms with van der Waals surface area (Å²) in [6.07, 6.45) is 1.60. The van der Waals surface area contributed by atoms with Gasteiger partial charge in [-0.3, -0.25) is 0 Å². The first-order chi connectivity index (χ1) is 10.9. The zero-order valence-corrected chi connectivity index (χ0v) is 13.9. The second-order valence-corrected chi connectivity index (χ2v) is 7.35. The van der Waals surface area contributed by atoms with Gasteiger partial charge < -0.3 is 4.98 Å². The average Bonchev–Trinajstić information content (AvgIpc) is 2.92. The maximum absolute atomic E-state index is 13.8. The maximum atomic E-state index is 13.8. The van der Waals surface area contributed by atoms with Crippen molar-refractivity contribution in [2.75, 3.05) is 0 Å². The van der Waals surface area contributed by atoms with Crippen LogP contribution >= 0.6 is 15.9 Å². The van der Waals surface area contributed by atoms with Crippen LogP contribution in [0.3, 0.4) is 0 Å². The number of pyridine rings is 1. The molecule has 120 valence electrons. The monoisotopic (exact) mass is 401 g/mol. The summed E-state index contributed by atoms with van der Waals surface area (Å²) in [6, 6.07) is 6.71. The molecule has 0 amide bonds. The van der Waals surface area contributed by atoms with E-state index in [0.29, 0.717) is 17.4 Å². The van der Waals surface area contributed by atoms with Gasteiger partial charge in [0.1, 0.15) is 22.2 Å². The van der Waals surface area contributed by atoms with Crippen LogP contribution in [0.2, 0.25) is 0 Å². The number of hydrogen-bond donors (Lipinski definition) is 2. The molecule has 3 aromatic rings. The summed E-state index contributed by atoms with van der Waals surface area (Å²) in [6.45, 7) is -0.101. The minimum absolute atomic E-state index is 0.101. The molecule has 2 N–H and O–H groups in total. The van der Waals surface area contributed by atoms with E-state index in [4.69, 9.17) is 0 Å². The van der Waals surface area contributed by atoms with E-state index in [1.54, 1.807) is 18.3 Å². The predicted octanol–water partition coefficient (Wildman–Crippen LogP) is 3.08. The molecule has 0 fully saturated rings. The van der Waals surface area contributed by atoms with Crippen LogP contribution in [0.15, 0.2) is 45.9 Å². The first kappa shape index (κ1) is 16.0. The molecule has 23 heavy (non-hydrogen) atoms. The second-order valence-electron chi connectivity index (χ2n) is 4.76. The topological polar surface area (TPSA) is 74.8 Å². The van der Waals surface area contributed by atoms with Crippen LogP contribution < -0.4 is 4.72 Å². The van der Waals surface area contributed by atoms with Crippen LogP contribution in [0.5, 0.6) is 0 Å². The Hall–Kier alpha value is -1.84. The molecule has 5 nitrogen and oxygen atoms in total. The fourth-order valence-electron chi connectivity index (χ4n) is 2.07. The van der Waals surface area contributed by atoms with Crippen molar-refractivity contribution in [1.29, 1.82) is 0 Å². The molecule has 2 heterocycles. The number of rotatable bonds is 4. The number of hydrogen-bond acceptors (Lipinski definition) is 3. The van der Waals surface area contributed by atoms with Gasteiger partial charge in [-0.25, -0.2) is 26.9 Å². The molecule has 0 unspecified atom stereocenters. The first-order valence-electron chi connectivity index (χ1n) is 6.43. The van der Waals surface area contributed by atoms with E-state index in [1.807, 2.05) is 6.07 Å². The van der Waals surface area contributed by atoms with Gasteiger partial charge in [0.25, 0.3) is 0 Å². The number of aromatic nitrogens is 2. The molecule has 2 aromatic heterocycles. The summed E-state index contributed by atoms with van der Waals surface area (Å²) in [7, 11) is -4.19. The van der Waals surface area contributed by atoms with Crippen molar-refractivity contribution in [2.24, 2.45) is 0 Å². The van der Waals surface area contributed by atoms with Gasteiger partial charge in [0, 0.05) is 17.3 Å². The van der Waals surface area contributed by atoms with Crippen LogP contribution in [-0.2, 0) is 16.6 Å². The van der Waals surface area contributed by atoms with Gasteiger partial charge in [-0.15, -0.1) is 0 Å². The number of nitrogens with zero attached hydrogens (tertiary/aromatic N) is 1. The molecule has 0 aliphatic rings. The fraction of sp³-hybridized carbons (Fsp3) is 0.0714. The molecule has 0 bridgehead atoms. The number of sulfonamides is 1. The second kappa shape index (κ2) is 5.99. The SMILES string of the molecule is O=S(=O)(NCc1cc2cccnc2[nH]1)c1cc(F)c(Br)cc1F. The number of aromatic amines is 1. The van der Waals surface area contributed by atoms with Gasteiger partial charge in [-0.2, -0.15) is 0 Å². The fourth-order valence-corrected chi connectivity index (χ4v) is 3.46. The normalized spacial score (nSPS) is 12.0. The number of fused-ring (bicyclic) bond motifs is 1. The lowest BCUT2D eigenvalue weighted by Gasteiger charge is -2.07. The molecule has 0 radical (unpaired) electrons. The third-order valence-electron chi connectivity index (χ3n) is 3.16. The van der Waals surface area contributed by atoms with Gasteiger partial charge >= 0.3 is 0 Å². The highest BCUT2D eigenvalue weighted by Crippen LogP contribution is 2.23. The largest absolute Gasteiger partial charge is 0.342 e. The first-order valence-corrected chi connectivity index (χ1v) is 8.71. The summed E-state index contributed by atoms with van der Waals surface area (Å²) in [5.74, 6) is -1.90. The molecule has 9 heteroatoms. The highest BCUT2D eigenvalue weighted by Gasteiger charge is 2.21.